The summed E-state index contributed by atoms with van der Waals surface area (Å²) in [4.78, 5) is 26.9. The smallest absolute Gasteiger partial charge is 0.318 e. The van der Waals surface area contributed by atoms with Gasteiger partial charge in [0.05, 0.1) is 12.2 Å². The van der Waals surface area contributed by atoms with Crippen molar-refractivity contribution in [2.45, 2.75) is 38.4 Å². The highest BCUT2D eigenvalue weighted by Crippen LogP contribution is 2.20. The highest BCUT2D eigenvalue weighted by molar-refractivity contribution is 5.80. The van der Waals surface area contributed by atoms with E-state index in [9.17, 15) is 4.79 Å². The van der Waals surface area contributed by atoms with Crippen molar-refractivity contribution in [3.05, 3.63) is 53.5 Å². The average Bonchev–Trinajstić information content (AvgIpc) is 3.25. The number of aromatic amines is 1. The summed E-state index contributed by atoms with van der Waals surface area (Å²) >= 11 is 0. The van der Waals surface area contributed by atoms with Crippen LogP contribution in [0.3, 0.4) is 0 Å². The van der Waals surface area contributed by atoms with E-state index >= 15 is 0 Å². The van der Waals surface area contributed by atoms with Crippen molar-refractivity contribution in [3.63, 3.8) is 0 Å². The largest absolute Gasteiger partial charge is 0.381 e. The first-order chi connectivity index (χ1) is 14.7. The summed E-state index contributed by atoms with van der Waals surface area (Å²) in [6, 6.07) is 8.50. The molecule has 0 bridgehead atoms. The topological polar surface area (TPSA) is 95.2 Å². The number of hydrogen-bond acceptors (Lipinski definition) is 5. The quantitative estimate of drug-likeness (QED) is 0.619. The van der Waals surface area contributed by atoms with E-state index in [1.165, 1.54) is 5.39 Å². The number of fused-ring (bicyclic) bond motifs is 2. The van der Waals surface area contributed by atoms with Crippen molar-refractivity contribution >= 4 is 22.9 Å². The van der Waals surface area contributed by atoms with Crippen LogP contribution < -0.4 is 10.6 Å². The van der Waals surface area contributed by atoms with E-state index in [0.717, 1.165) is 54.8 Å². The monoisotopic (exact) mass is 406 g/mol. The van der Waals surface area contributed by atoms with Crippen LogP contribution in [0, 0.1) is 0 Å². The number of H-pyrrole nitrogens is 1. The first-order valence-corrected chi connectivity index (χ1v) is 10.5. The molecule has 8 nitrogen and oxygen atoms in total. The maximum absolute atomic E-state index is 12.7. The Bertz CT molecular complexity index is 1040. The Morgan fingerprint density at radius 3 is 3.07 bits per heavy atom. The SMILES string of the molecule is O=C(NCc1ccc2cc[nH]c2c1)N1CCc2cnc(NC3CCOCC3)nc2C1. The predicted octanol–water partition coefficient (Wildman–Crippen LogP) is 2.82. The molecule has 2 aromatic heterocycles. The molecule has 30 heavy (non-hydrogen) atoms. The average molecular weight is 406 g/mol. The van der Waals surface area contributed by atoms with Gasteiger partial charge < -0.3 is 25.3 Å². The highest BCUT2D eigenvalue weighted by Gasteiger charge is 2.23. The fraction of sp³-hybridized carbons (Fsp3) is 0.409. The van der Waals surface area contributed by atoms with E-state index in [0.29, 0.717) is 31.6 Å². The standard InChI is InChI=1S/C22H26N6O2/c29-22(25-12-15-1-2-16-3-7-23-19(16)11-15)28-8-4-17-13-24-21(27-20(17)14-28)26-18-5-9-30-10-6-18/h1-3,7,11,13,18,23H,4-6,8-10,12,14H2,(H,25,29)(H,24,26,27). The molecular weight excluding hydrogens is 380 g/mol. The van der Waals surface area contributed by atoms with Gasteiger partial charge >= 0.3 is 6.03 Å². The van der Waals surface area contributed by atoms with Crippen molar-refractivity contribution < 1.29 is 9.53 Å². The molecule has 3 N–H and O–H groups in total. The summed E-state index contributed by atoms with van der Waals surface area (Å²) in [6.45, 7) is 3.21. The van der Waals surface area contributed by atoms with Gasteiger partial charge in [-0.05, 0) is 47.9 Å². The van der Waals surface area contributed by atoms with Gasteiger partial charge in [-0.2, -0.15) is 0 Å². The minimum atomic E-state index is -0.0650. The number of anilines is 1. The molecule has 156 valence electrons. The summed E-state index contributed by atoms with van der Waals surface area (Å²) in [5, 5.41) is 7.62. The molecule has 0 unspecified atom stereocenters. The molecule has 2 aliphatic rings. The van der Waals surface area contributed by atoms with Crippen molar-refractivity contribution in [1.82, 2.24) is 25.2 Å². The zero-order chi connectivity index (χ0) is 20.3. The Labute approximate surface area is 175 Å². The van der Waals surface area contributed by atoms with Crippen molar-refractivity contribution in [2.75, 3.05) is 25.1 Å². The molecule has 0 radical (unpaired) electrons. The highest BCUT2D eigenvalue weighted by atomic mass is 16.5. The molecule has 1 fully saturated rings. The number of carbonyl (C=O) groups excluding carboxylic acids is 1. The second-order valence-electron chi connectivity index (χ2n) is 7.93. The lowest BCUT2D eigenvalue weighted by atomic mass is 10.1. The lowest BCUT2D eigenvalue weighted by Crippen LogP contribution is -2.43. The van der Waals surface area contributed by atoms with Crippen molar-refractivity contribution in [1.29, 1.82) is 0 Å². The minimum Gasteiger partial charge on any atom is -0.381 e. The fourth-order valence-corrected chi connectivity index (χ4v) is 4.06. The number of benzene rings is 1. The lowest BCUT2D eigenvalue weighted by molar-refractivity contribution is 0.0903. The Morgan fingerprint density at radius 1 is 1.27 bits per heavy atom. The third-order valence-electron chi connectivity index (χ3n) is 5.85. The second kappa shape index (κ2) is 8.31. The van der Waals surface area contributed by atoms with Crippen LogP contribution in [0.15, 0.2) is 36.7 Å². The van der Waals surface area contributed by atoms with Crippen LogP contribution in [0.25, 0.3) is 10.9 Å². The molecular formula is C22H26N6O2. The van der Waals surface area contributed by atoms with Gasteiger partial charge in [-0.1, -0.05) is 12.1 Å². The van der Waals surface area contributed by atoms with Gasteiger partial charge in [0.1, 0.15) is 0 Å². The molecule has 1 saturated heterocycles. The Kier molecular flexibility index (Phi) is 5.23. The molecule has 0 spiro atoms. The van der Waals surface area contributed by atoms with Crippen molar-refractivity contribution in [2.24, 2.45) is 0 Å². The number of urea groups is 1. The molecule has 0 saturated carbocycles. The Balaban J connectivity index is 1.20. The predicted molar refractivity (Wildman–Crippen MR) is 114 cm³/mol. The third-order valence-corrected chi connectivity index (χ3v) is 5.85. The molecule has 5 rings (SSSR count). The molecule has 0 atom stereocenters. The van der Waals surface area contributed by atoms with Crippen molar-refractivity contribution in [3.8, 4) is 0 Å². The van der Waals surface area contributed by atoms with Crippen LogP contribution in [0.2, 0.25) is 0 Å². The van der Waals surface area contributed by atoms with Gasteiger partial charge in [-0.15, -0.1) is 0 Å². The maximum Gasteiger partial charge on any atom is 0.318 e. The normalized spacial score (nSPS) is 17.0. The number of ether oxygens (including phenoxy) is 1. The number of aromatic nitrogens is 3. The first-order valence-electron chi connectivity index (χ1n) is 10.5. The minimum absolute atomic E-state index is 0.0650. The van der Waals surface area contributed by atoms with E-state index in [4.69, 9.17) is 9.72 Å². The van der Waals surface area contributed by atoms with E-state index in [1.54, 1.807) is 0 Å². The van der Waals surface area contributed by atoms with Crippen LogP contribution in [0.1, 0.15) is 29.7 Å². The number of carbonyl (C=O) groups is 1. The molecule has 3 aromatic rings. The first kappa shape index (κ1) is 18.9. The summed E-state index contributed by atoms with van der Waals surface area (Å²) < 4.78 is 5.41. The van der Waals surface area contributed by atoms with Crippen LogP contribution in [0.5, 0.6) is 0 Å². The molecule has 2 aliphatic heterocycles. The van der Waals surface area contributed by atoms with Gasteiger partial charge in [0.25, 0.3) is 0 Å². The van der Waals surface area contributed by atoms with Gasteiger partial charge in [0.2, 0.25) is 5.95 Å². The van der Waals surface area contributed by atoms with E-state index in [1.807, 2.05) is 29.4 Å². The van der Waals surface area contributed by atoms with Gasteiger partial charge in [0, 0.05) is 50.3 Å². The van der Waals surface area contributed by atoms with Crippen LogP contribution in [-0.4, -0.2) is 51.7 Å². The fourth-order valence-electron chi connectivity index (χ4n) is 4.06. The second-order valence-corrected chi connectivity index (χ2v) is 7.93. The molecule has 4 heterocycles. The van der Waals surface area contributed by atoms with Gasteiger partial charge in [0.15, 0.2) is 0 Å². The Morgan fingerprint density at radius 2 is 2.17 bits per heavy atom. The molecule has 8 heteroatoms. The van der Waals surface area contributed by atoms with Crippen LogP contribution in [0.4, 0.5) is 10.7 Å². The number of hydrogen-bond donors (Lipinski definition) is 3. The van der Waals surface area contributed by atoms with Crippen LogP contribution in [-0.2, 0) is 24.2 Å². The van der Waals surface area contributed by atoms with E-state index in [-0.39, 0.29) is 6.03 Å². The summed E-state index contributed by atoms with van der Waals surface area (Å²) in [6.07, 6.45) is 6.51. The number of rotatable bonds is 4. The zero-order valence-electron chi connectivity index (χ0n) is 16.9. The van der Waals surface area contributed by atoms with Crippen LogP contribution >= 0.6 is 0 Å². The molecule has 0 aliphatic carbocycles. The summed E-state index contributed by atoms with van der Waals surface area (Å²) in [5.41, 5.74) is 4.19. The third kappa shape index (κ3) is 4.09. The number of nitrogens with one attached hydrogen (secondary N) is 3. The Hall–Kier alpha value is -3.13. The number of nitrogens with zero attached hydrogens (tertiary/aromatic N) is 3. The molecule has 1 aromatic carbocycles. The maximum atomic E-state index is 12.7. The number of amides is 2. The molecule has 2 amide bonds. The zero-order valence-corrected chi connectivity index (χ0v) is 16.9. The lowest BCUT2D eigenvalue weighted by Gasteiger charge is -2.29. The van der Waals surface area contributed by atoms with Gasteiger partial charge in [-0.25, -0.2) is 14.8 Å². The van der Waals surface area contributed by atoms with E-state index < -0.39 is 0 Å². The van der Waals surface area contributed by atoms with Gasteiger partial charge in [-0.3, -0.25) is 0 Å². The summed E-state index contributed by atoms with van der Waals surface area (Å²) in [5.74, 6) is 0.641. The summed E-state index contributed by atoms with van der Waals surface area (Å²) in [7, 11) is 0. The van der Waals surface area contributed by atoms with E-state index in [2.05, 4.69) is 32.7 Å².